The molecule has 37 heavy (non-hydrogen) atoms. The molecular weight excluding hydrogens is 504 g/mol. The summed E-state index contributed by atoms with van der Waals surface area (Å²) < 4.78 is 24.9. The summed E-state index contributed by atoms with van der Waals surface area (Å²) in [6.45, 7) is 14.0. The number of nitriles is 1. The van der Waals surface area contributed by atoms with Crippen LogP contribution >= 0.6 is 11.8 Å². The van der Waals surface area contributed by atoms with Gasteiger partial charge in [0.2, 0.25) is 15.7 Å². The summed E-state index contributed by atoms with van der Waals surface area (Å²) in [7, 11) is -1.79. The molecule has 0 amide bonds. The first-order chi connectivity index (χ1) is 17.8. The van der Waals surface area contributed by atoms with Crippen LogP contribution in [0.2, 0.25) is 0 Å². The van der Waals surface area contributed by atoms with Crippen molar-refractivity contribution in [2.75, 3.05) is 48.7 Å². The predicted molar refractivity (Wildman–Crippen MR) is 150 cm³/mol. The Kier molecular flexibility index (Phi) is 8.63. The summed E-state index contributed by atoms with van der Waals surface area (Å²) >= 11 is 1.49. The fourth-order valence-electron chi connectivity index (χ4n) is 5.18. The van der Waals surface area contributed by atoms with Gasteiger partial charge in [-0.15, -0.1) is 11.8 Å². The second-order valence-electron chi connectivity index (χ2n) is 9.67. The summed E-state index contributed by atoms with van der Waals surface area (Å²) in [5, 5.41) is 10.6. The van der Waals surface area contributed by atoms with Crippen molar-refractivity contribution in [2.24, 2.45) is 0 Å². The number of sulfonamides is 1. The average molecular weight is 539 g/mol. The minimum atomic E-state index is -3.32. The maximum Gasteiger partial charge on any atom is 0.232 e. The van der Waals surface area contributed by atoms with Gasteiger partial charge in [0.15, 0.2) is 0 Å². The molecule has 2 aliphatic heterocycles. The number of pyridine rings is 1. The summed E-state index contributed by atoms with van der Waals surface area (Å²) in [6, 6.07) is 10.3. The number of piperidine rings is 1. The van der Waals surface area contributed by atoms with E-state index in [1.165, 1.54) is 55.3 Å². The van der Waals surface area contributed by atoms with Crippen molar-refractivity contribution in [1.82, 2.24) is 9.88 Å². The van der Waals surface area contributed by atoms with Crippen molar-refractivity contribution in [3.8, 4) is 6.07 Å². The quantitative estimate of drug-likeness (QED) is 0.352. The number of likely N-dealkylation sites (tertiary alicyclic amines) is 1. The van der Waals surface area contributed by atoms with Gasteiger partial charge in [0.05, 0.1) is 24.1 Å². The molecule has 0 aliphatic carbocycles. The monoisotopic (exact) mass is 538 g/mol. The van der Waals surface area contributed by atoms with Crippen molar-refractivity contribution in [2.45, 2.75) is 55.8 Å². The number of hydrogen-bond donors (Lipinski definition) is 0. The number of nitrogens with zero attached hydrogens (tertiary/aromatic N) is 6. The van der Waals surface area contributed by atoms with E-state index in [1.54, 1.807) is 12.1 Å². The van der Waals surface area contributed by atoms with Crippen LogP contribution in [0.15, 0.2) is 29.3 Å². The van der Waals surface area contributed by atoms with Gasteiger partial charge in [0.1, 0.15) is 16.9 Å². The largest absolute Gasteiger partial charge is 0.365 e. The standard InChI is InChI=1S/C27H34N6O2S2/c1-5-23-24(18-28)27(36-19-20-8-10-21(11-9-20)31(3)37(4,34)35)30-26(25(23)29-2)33-16-12-22(13-17-33)32-14-6-7-15-32/h8-11,22H,5-7,12-17,19H2,1,3-4H3. The van der Waals surface area contributed by atoms with E-state index < -0.39 is 10.0 Å². The van der Waals surface area contributed by atoms with Gasteiger partial charge < -0.3 is 9.80 Å². The van der Waals surface area contributed by atoms with Crippen LogP contribution in [-0.4, -0.2) is 63.8 Å². The Hall–Kier alpha value is -2.79. The molecule has 0 spiro atoms. The zero-order chi connectivity index (χ0) is 26.6. The molecule has 8 nitrogen and oxygen atoms in total. The van der Waals surface area contributed by atoms with E-state index in [4.69, 9.17) is 11.6 Å². The third-order valence-corrected chi connectivity index (χ3v) is 9.64. The number of benzene rings is 1. The third-order valence-electron chi connectivity index (χ3n) is 7.39. The Morgan fingerprint density at radius 2 is 1.84 bits per heavy atom. The van der Waals surface area contributed by atoms with E-state index in [0.717, 1.165) is 37.1 Å². The van der Waals surface area contributed by atoms with E-state index in [1.807, 2.05) is 19.1 Å². The molecule has 0 saturated carbocycles. The van der Waals surface area contributed by atoms with E-state index in [0.29, 0.717) is 46.0 Å². The first kappa shape index (κ1) is 27.3. The molecule has 2 aromatic rings. The normalized spacial score (nSPS) is 16.9. The van der Waals surface area contributed by atoms with Crippen molar-refractivity contribution in [3.63, 3.8) is 0 Å². The highest BCUT2D eigenvalue weighted by Gasteiger charge is 2.29. The SMILES string of the molecule is [C-]#[N+]c1c(N2CCC(N3CCCC3)CC2)nc(SCc2ccc(N(C)S(C)(=O)=O)cc2)c(C#N)c1CC. The first-order valence-corrected chi connectivity index (χ1v) is 15.6. The fraction of sp³-hybridized carbons (Fsp3) is 0.519. The smallest absolute Gasteiger partial charge is 0.232 e. The highest BCUT2D eigenvalue weighted by Crippen LogP contribution is 2.40. The highest BCUT2D eigenvalue weighted by atomic mass is 32.2. The minimum Gasteiger partial charge on any atom is -0.365 e. The zero-order valence-electron chi connectivity index (χ0n) is 21.8. The van der Waals surface area contributed by atoms with Gasteiger partial charge in [-0.3, -0.25) is 4.31 Å². The summed E-state index contributed by atoms with van der Waals surface area (Å²) in [4.78, 5) is 13.6. The molecule has 10 heteroatoms. The summed E-state index contributed by atoms with van der Waals surface area (Å²) in [5.41, 5.74) is 3.37. The molecule has 2 aliphatic rings. The number of thioether (sulfide) groups is 1. The lowest BCUT2D eigenvalue weighted by atomic mass is 10.0. The molecule has 2 saturated heterocycles. The van der Waals surface area contributed by atoms with Gasteiger partial charge in [-0.1, -0.05) is 19.1 Å². The Morgan fingerprint density at radius 3 is 2.38 bits per heavy atom. The van der Waals surface area contributed by atoms with Crippen molar-refractivity contribution in [3.05, 3.63) is 52.4 Å². The molecule has 0 unspecified atom stereocenters. The Balaban J connectivity index is 1.56. The van der Waals surface area contributed by atoms with E-state index >= 15 is 0 Å². The number of anilines is 2. The van der Waals surface area contributed by atoms with Crippen LogP contribution in [0.1, 0.15) is 49.3 Å². The molecule has 1 aromatic carbocycles. The Morgan fingerprint density at radius 1 is 1.19 bits per heavy atom. The van der Waals surface area contributed by atoms with Crippen LogP contribution in [0.25, 0.3) is 4.85 Å². The zero-order valence-corrected chi connectivity index (χ0v) is 23.4. The molecule has 1 aromatic heterocycles. The maximum absolute atomic E-state index is 11.8. The molecule has 2 fully saturated rings. The van der Waals surface area contributed by atoms with Crippen LogP contribution in [0.4, 0.5) is 17.2 Å². The lowest BCUT2D eigenvalue weighted by Crippen LogP contribution is -2.44. The van der Waals surface area contributed by atoms with Gasteiger partial charge in [-0.05, 0) is 68.5 Å². The molecule has 3 heterocycles. The molecule has 0 N–H and O–H groups in total. The van der Waals surface area contributed by atoms with E-state index in [-0.39, 0.29) is 0 Å². The van der Waals surface area contributed by atoms with Crippen molar-refractivity contribution >= 4 is 39.0 Å². The number of rotatable bonds is 8. The van der Waals surface area contributed by atoms with Crippen LogP contribution in [0.5, 0.6) is 0 Å². The van der Waals surface area contributed by atoms with Gasteiger partial charge in [0.25, 0.3) is 0 Å². The van der Waals surface area contributed by atoms with E-state index in [2.05, 4.69) is 20.7 Å². The Labute approximate surface area is 225 Å². The minimum absolute atomic E-state index is 0.489. The number of aromatic nitrogens is 1. The molecule has 4 rings (SSSR count). The molecule has 0 radical (unpaired) electrons. The van der Waals surface area contributed by atoms with Crippen LogP contribution in [0.3, 0.4) is 0 Å². The molecule has 196 valence electrons. The highest BCUT2D eigenvalue weighted by molar-refractivity contribution is 7.98. The predicted octanol–water partition coefficient (Wildman–Crippen LogP) is 4.82. The van der Waals surface area contributed by atoms with Crippen molar-refractivity contribution in [1.29, 1.82) is 5.26 Å². The van der Waals surface area contributed by atoms with Gasteiger partial charge in [-0.25, -0.2) is 18.2 Å². The molecular formula is C27H34N6O2S2. The lowest BCUT2D eigenvalue weighted by molar-refractivity contribution is 0.207. The molecule has 0 bridgehead atoms. The first-order valence-electron chi connectivity index (χ1n) is 12.8. The van der Waals surface area contributed by atoms with Crippen LogP contribution in [-0.2, 0) is 22.2 Å². The topological polar surface area (TPSA) is 84.9 Å². The van der Waals surface area contributed by atoms with E-state index in [9.17, 15) is 13.7 Å². The maximum atomic E-state index is 11.8. The fourth-order valence-corrected chi connectivity index (χ4v) is 6.65. The second kappa shape index (κ2) is 11.7. The van der Waals surface area contributed by atoms with Crippen LogP contribution in [0, 0.1) is 17.9 Å². The molecule has 0 atom stereocenters. The van der Waals surface area contributed by atoms with Gasteiger partial charge in [-0.2, -0.15) is 5.26 Å². The summed E-state index contributed by atoms with van der Waals surface area (Å²) in [5.74, 6) is 1.29. The van der Waals surface area contributed by atoms with Crippen molar-refractivity contribution < 1.29 is 8.42 Å². The summed E-state index contributed by atoms with van der Waals surface area (Å²) in [6.07, 6.45) is 6.49. The lowest BCUT2D eigenvalue weighted by Gasteiger charge is -2.38. The van der Waals surface area contributed by atoms with Gasteiger partial charge >= 0.3 is 0 Å². The Bertz CT molecular complexity index is 1300. The third kappa shape index (κ3) is 6.04. The number of hydrogen-bond acceptors (Lipinski definition) is 7. The second-order valence-corrected chi connectivity index (χ2v) is 12.6. The van der Waals surface area contributed by atoms with Crippen LogP contribution < -0.4 is 9.21 Å². The average Bonchev–Trinajstić information content (AvgIpc) is 3.45. The van der Waals surface area contributed by atoms with Gasteiger partial charge in [0, 0.05) is 31.9 Å².